The third-order valence-corrected chi connectivity index (χ3v) is 14.6. The van der Waals surface area contributed by atoms with Gasteiger partial charge < -0.3 is 35.0 Å². The molecule has 4 aliphatic rings. The molecule has 2 aromatic carbocycles. The number of hydrogen-bond donors (Lipinski definition) is 5. The van der Waals surface area contributed by atoms with Gasteiger partial charge >= 0.3 is 11.9 Å². The van der Waals surface area contributed by atoms with Gasteiger partial charge in [0.15, 0.2) is 11.5 Å². The largest absolute Gasteiger partial charge is 0.494 e. The number of carboxylic acid groups (broad SMARTS) is 2. The van der Waals surface area contributed by atoms with Crippen LogP contribution in [0.2, 0.25) is 10.0 Å². The Morgan fingerprint density at radius 1 is 0.865 bits per heavy atom. The molecule has 0 saturated heterocycles. The minimum atomic E-state index is -1.22. The predicted octanol–water partition coefficient (Wildman–Crippen LogP) is 8.22. The zero-order valence-corrected chi connectivity index (χ0v) is 32.1. The zero-order valence-electron chi connectivity index (χ0n) is 30.6. The van der Waals surface area contributed by atoms with E-state index in [4.69, 9.17) is 32.7 Å². The summed E-state index contributed by atoms with van der Waals surface area (Å²) < 4.78 is 10.6. The van der Waals surface area contributed by atoms with Gasteiger partial charge in [0.2, 0.25) is 0 Å². The quantitative estimate of drug-likeness (QED) is 0.161. The van der Waals surface area contributed by atoms with Gasteiger partial charge in [0, 0.05) is 0 Å². The van der Waals surface area contributed by atoms with Crippen LogP contribution in [-0.4, -0.2) is 70.0 Å². The van der Waals surface area contributed by atoms with Crippen LogP contribution in [0.1, 0.15) is 110 Å². The molecule has 52 heavy (non-hydrogen) atoms. The monoisotopic (exact) mass is 758 g/mol. The summed E-state index contributed by atoms with van der Waals surface area (Å²) in [4.78, 5) is 24.5. The van der Waals surface area contributed by atoms with Gasteiger partial charge in [-0.15, -0.1) is 0 Å². The molecule has 0 radical (unpaired) electrons. The molecule has 4 aliphatic carbocycles. The summed E-state index contributed by atoms with van der Waals surface area (Å²) in [6, 6.07) is 6.13. The molecule has 0 bridgehead atoms. The van der Waals surface area contributed by atoms with E-state index in [1.54, 1.807) is 12.1 Å². The molecular formula is C41H52Cl2O9. The first-order chi connectivity index (χ1) is 24.6. The summed E-state index contributed by atoms with van der Waals surface area (Å²) in [5.74, 6) is -1.16. The van der Waals surface area contributed by atoms with Gasteiger partial charge in [0.25, 0.3) is 0 Å². The molecule has 284 valence electrons. The molecule has 4 saturated carbocycles. The summed E-state index contributed by atoms with van der Waals surface area (Å²) in [6.45, 7) is 6.80. The molecular weight excluding hydrogens is 707 g/mol. The Kier molecular flexibility index (Phi) is 11.1. The number of methoxy groups -OCH3 is 2. The Morgan fingerprint density at radius 2 is 1.44 bits per heavy atom. The number of fused-ring (bicyclic) bond motifs is 5. The van der Waals surface area contributed by atoms with Crippen LogP contribution in [0.5, 0.6) is 11.5 Å². The van der Waals surface area contributed by atoms with E-state index in [9.17, 15) is 35.1 Å². The van der Waals surface area contributed by atoms with E-state index in [0.717, 1.165) is 38.5 Å². The van der Waals surface area contributed by atoms with E-state index >= 15 is 0 Å². The first-order valence-electron chi connectivity index (χ1n) is 18.5. The van der Waals surface area contributed by atoms with Gasteiger partial charge in [-0.2, -0.15) is 0 Å². The first kappa shape index (κ1) is 38.9. The van der Waals surface area contributed by atoms with Crippen molar-refractivity contribution in [2.75, 3.05) is 14.2 Å². The first-order valence-corrected chi connectivity index (χ1v) is 19.3. The van der Waals surface area contributed by atoms with E-state index in [0.29, 0.717) is 36.0 Å². The fraction of sp³-hybridized carbons (Fsp3) is 0.610. The van der Waals surface area contributed by atoms with Crippen LogP contribution >= 0.6 is 23.2 Å². The van der Waals surface area contributed by atoms with E-state index in [1.165, 1.54) is 26.4 Å². The second kappa shape index (κ2) is 14.8. The van der Waals surface area contributed by atoms with Crippen molar-refractivity contribution in [2.45, 2.75) is 96.9 Å². The fourth-order valence-electron chi connectivity index (χ4n) is 11.5. The zero-order chi connectivity index (χ0) is 37.9. The van der Waals surface area contributed by atoms with Crippen molar-refractivity contribution >= 4 is 40.7 Å². The average molecular weight is 760 g/mol. The molecule has 2 aromatic rings. The Morgan fingerprint density at radius 3 is 1.98 bits per heavy atom. The smallest absolute Gasteiger partial charge is 0.339 e. The minimum Gasteiger partial charge on any atom is -0.494 e. The lowest BCUT2D eigenvalue weighted by Gasteiger charge is -2.63. The molecule has 0 aromatic heterocycles. The van der Waals surface area contributed by atoms with Gasteiger partial charge in [-0.25, -0.2) is 9.59 Å². The van der Waals surface area contributed by atoms with Crippen LogP contribution in [0.4, 0.5) is 0 Å². The maximum Gasteiger partial charge on any atom is 0.339 e. The van der Waals surface area contributed by atoms with E-state index in [1.807, 2.05) is 6.08 Å². The average Bonchev–Trinajstić information content (AvgIpc) is 3.45. The number of aromatic carboxylic acids is 2. The summed E-state index contributed by atoms with van der Waals surface area (Å²) in [5.41, 5.74) is 0.870. The Labute approximate surface area is 315 Å². The highest BCUT2D eigenvalue weighted by atomic mass is 35.5. The fourth-order valence-corrected chi connectivity index (χ4v) is 12.0. The Hall–Kier alpha value is -2.82. The number of aliphatic hydroxyl groups excluding tert-OH is 3. The molecule has 0 heterocycles. The van der Waals surface area contributed by atoms with Crippen LogP contribution in [0.3, 0.4) is 0 Å². The van der Waals surface area contributed by atoms with Crippen molar-refractivity contribution in [2.24, 2.45) is 46.3 Å². The molecule has 0 aliphatic heterocycles. The van der Waals surface area contributed by atoms with E-state index < -0.39 is 24.1 Å². The normalized spacial score (nSPS) is 34.3. The van der Waals surface area contributed by atoms with Gasteiger partial charge in [0.05, 0.1) is 42.6 Å². The molecule has 6 rings (SSSR count). The molecule has 11 atom stereocenters. The topological polar surface area (TPSA) is 154 Å². The second-order valence-electron chi connectivity index (χ2n) is 16.4. The Balaban J connectivity index is 1.30. The van der Waals surface area contributed by atoms with E-state index in [-0.39, 0.29) is 85.1 Å². The number of rotatable bonds is 10. The van der Waals surface area contributed by atoms with Crippen molar-refractivity contribution in [1.82, 2.24) is 0 Å². The van der Waals surface area contributed by atoms with Gasteiger partial charge in [-0.05, 0) is 145 Å². The third kappa shape index (κ3) is 6.52. The molecule has 0 amide bonds. The van der Waals surface area contributed by atoms with Gasteiger partial charge in [-0.3, -0.25) is 0 Å². The highest BCUT2D eigenvalue weighted by molar-refractivity contribution is 6.33. The number of carbonyl (C=O) groups is 2. The number of carboxylic acids is 2. The van der Waals surface area contributed by atoms with Crippen LogP contribution in [0, 0.1) is 46.3 Å². The van der Waals surface area contributed by atoms with Crippen molar-refractivity contribution < 1.29 is 44.6 Å². The second-order valence-corrected chi connectivity index (χ2v) is 17.2. The maximum atomic E-state index is 12.2. The number of aliphatic hydroxyl groups is 3. The number of benzene rings is 2. The van der Waals surface area contributed by atoms with Crippen LogP contribution in [-0.2, 0) is 0 Å². The number of allylic oxidation sites excluding steroid dienone is 1. The number of hydrogen-bond acceptors (Lipinski definition) is 7. The third-order valence-electron chi connectivity index (χ3n) is 14.1. The lowest BCUT2D eigenvalue weighted by atomic mass is 9.43. The lowest BCUT2D eigenvalue weighted by molar-refractivity contribution is -0.207. The SMILES string of the molecule is COc1c(Cl)cc(C(=CCC[C@@H](C)[C@H]2CCC3C4C(C[C@H](O)[C@@]32C)[C@@]2(C)CC[C@@H](O)C[C@H]2C[C@H]4O)c2cc(Cl)c(OC)c(C(=O)O)c2)cc1C(=O)O. The summed E-state index contributed by atoms with van der Waals surface area (Å²) >= 11 is 13.1. The van der Waals surface area contributed by atoms with Crippen LogP contribution in [0.15, 0.2) is 30.3 Å². The molecule has 0 spiro atoms. The highest BCUT2D eigenvalue weighted by Gasteiger charge is 2.65. The van der Waals surface area contributed by atoms with Crippen molar-refractivity contribution in [3.05, 3.63) is 62.6 Å². The lowest BCUT2D eigenvalue weighted by Crippen LogP contribution is -2.62. The maximum absolute atomic E-state index is 12.2. The van der Waals surface area contributed by atoms with Gasteiger partial charge in [0.1, 0.15) is 11.1 Å². The van der Waals surface area contributed by atoms with Gasteiger partial charge in [-0.1, -0.05) is 50.0 Å². The summed E-state index contributed by atoms with van der Waals surface area (Å²) in [7, 11) is 2.69. The standard InChI is InChI=1S/C41H52Cl2O9/c1-20(28-9-10-29-35-30(19-34(46)41(28,29)3)40(2)12-11-24(44)17-23(40)18-33(35)45)7-6-8-25(21-13-26(38(47)48)36(51-4)31(42)15-21)22-14-27(39(49)50)37(52-5)32(43)16-22/h8,13-16,20,23-24,28-30,33-35,44-46H,6-7,9-12,17-19H2,1-5H3,(H,47,48)(H,49,50)/t20-,23+,24-,28-,29?,30?,33-,34+,35?,40+,41-/m1/s1. The highest BCUT2D eigenvalue weighted by Crippen LogP contribution is 2.68. The summed E-state index contributed by atoms with van der Waals surface area (Å²) in [5, 5.41) is 54.3. The van der Waals surface area contributed by atoms with Crippen molar-refractivity contribution in [3.8, 4) is 11.5 Å². The molecule has 4 fully saturated rings. The molecule has 9 nitrogen and oxygen atoms in total. The summed E-state index contributed by atoms with van der Waals surface area (Å²) in [6.07, 6.45) is 7.76. The minimum absolute atomic E-state index is 0.00600. The number of ether oxygens (including phenoxy) is 2. The van der Waals surface area contributed by atoms with Crippen molar-refractivity contribution in [1.29, 1.82) is 0 Å². The predicted molar refractivity (Wildman–Crippen MR) is 199 cm³/mol. The Bertz CT molecular complexity index is 1670. The molecule has 5 N–H and O–H groups in total. The molecule has 11 heteroatoms. The van der Waals surface area contributed by atoms with Crippen LogP contribution in [0.25, 0.3) is 5.57 Å². The van der Waals surface area contributed by atoms with Crippen molar-refractivity contribution in [3.63, 3.8) is 0 Å². The van der Waals surface area contributed by atoms with E-state index in [2.05, 4.69) is 20.8 Å². The van der Waals surface area contributed by atoms with Crippen LogP contribution < -0.4 is 9.47 Å². The molecule has 3 unspecified atom stereocenters. The number of halogens is 2.